The van der Waals surface area contributed by atoms with Crippen molar-refractivity contribution in [2.45, 2.75) is 25.1 Å². The number of nitrogens with zero attached hydrogens (tertiary/aromatic N) is 2. The van der Waals surface area contributed by atoms with Crippen molar-refractivity contribution in [3.8, 4) is 0 Å². The molecular weight excluding hydrogens is 349 g/mol. The Morgan fingerprint density at radius 2 is 1.96 bits per heavy atom. The highest BCUT2D eigenvalue weighted by atomic mass is 35.5. The van der Waals surface area contributed by atoms with Gasteiger partial charge in [0.2, 0.25) is 5.91 Å². The molecule has 1 aromatic carbocycles. The molecule has 2 aliphatic rings. The molecule has 7 heteroatoms. The number of carbonyl (C=O) groups is 2. The first-order valence-electron chi connectivity index (χ1n) is 8.11. The maximum atomic E-state index is 12.7. The first kappa shape index (κ1) is 19.0. The van der Waals surface area contributed by atoms with E-state index in [2.05, 4.69) is 10.2 Å². The van der Waals surface area contributed by atoms with E-state index in [-0.39, 0.29) is 29.6 Å². The fourth-order valence-corrected chi connectivity index (χ4v) is 3.38. The van der Waals surface area contributed by atoms with Crippen molar-refractivity contribution in [1.82, 2.24) is 9.80 Å². The minimum atomic E-state index is 0. The average Bonchev–Trinajstić information content (AvgIpc) is 2.54. The van der Waals surface area contributed by atoms with Gasteiger partial charge in [0.25, 0.3) is 5.91 Å². The summed E-state index contributed by atoms with van der Waals surface area (Å²) in [5, 5.41) is 2.98. The molecule has 1 aromatic rings. The zero-order valence-corrected chi connectivity index (χ0v) is 15.3. The largest absolute Gasteiger partial charge is 0.336 e. The Morgan fingerprint density at radius 1 is 1.25 bits per heavy atom. The zero-order valence-electron chi connectivity index (χ0n) is 13.8. The lowest BCUT2D eigenvalue weighted by molar-refractivity contribution is -0.116. The van der Waals surface area contributed by atoms with Gasteiger partial charge in [-0.15, -0.1) is 24.0 Å². The number of fused-ring (bicyclic) bond motifs is 1. The Labute approximate surface area is 153 Å². The molecule has 1 saturated heterocycles. The maximum absolute atomic E-state index is 12.7. The van der Waals surface area contributed by atoms with Crippen molar-refractivity contribution in [2.75, 3.05) is 38.0 Å². The fraction of sp³-hybridized carbons (Fsp3) is 0.529. The van der Waals surface area contributed by atoms with E-state index in [1.807, 2.05) is 24.0 Å². The zero-order chi connectivity index (χ0) is 16.4. The SMILES string of the molecule is CC(Cl)CN1CCN(C(=O)c2ccc3c(c2)CCC(=O)N3)CC1.Cl. The van der Waals surface area contributed by atoms with Crippen molar-refractivity contribution in [2.24, 2.45) is 0 Å². The Morgan fingerprint density at radius 3 is 2.62 bits per heavy atom. The van der Waals surface area contributed by atoms with Crippen LogP contribution < -0.4 is 5.32 Å². The van der Waals surface area contributed by atoms with Gasteiger partial charge in [-0.1, -0.05) is 0 Å². The molecule has 1 atom stereocenters. The number of piperazine rings is 1. The first-order valence-corrected chi connectivity index (χ1v) is 8.55. The van der Waals surface area contributed by atoms with Gasteiger partial charge in [-0.3, -0.25) is 14.5 Å². The smallest absolute Gasteiger partial charge is 0.253 e. The minimum Gasteiger partial charge on any atom is -0.336 e. The number of benzene rings is 1. The van der Waals surface area contributed by atoms with Gasteiger partial charge in [0.1, 0.15) is 0 Å². The second-order valence-electron chi connectivity index (χ2n) is 6.29. The van der Waals surface area contributed by atoms with Crippen LogP contribution in [0.5, 0.6) is 0 Å². The highest BCUT2D eigenvalue weighted by Gasteiger charge is 2.24. The molecule has 3 rings (SSSR count). The normalized spacial score (nSPS) is 19.1. The fourth-order valence-electron chi connectivity index (χ4n) is 3.19. The average molecular weight is 372 g/mol. The van der Waals surface area contributed by atoms with E-state index in [4.69, 9.17) is 11.6 Å². The molecule has 1 N–H and O–H groups in total. The van der Waals surface area contributed by atoms with Crippen LogP contribution in [-0.4, -0.2) is 59.7 Å². The van der Waals surface area contributed by atoms with Crippen LogP contribution in [0.25, 0.3) is 0 Å². The first-order chi connectivity index (χ1) is 11.0. The predicted octanol–water partition coefficient (Wildman–Crippen LogP) is 2.38. The summed E-state index contributed by atoms with van der Waals surface area (Å²) in [7, 11) is 0. The van der Waals surface area contributed by atoms with E-state index in [0.29, 0.717) is 18.4 Å². The molecule has 132 valence electrons. The molecule has 0 aromatic heterocycles. The lowest BCUT2D eigenvalue weighted by atomic mass is 10.00. The van der Waals surface area contributed by atoms with Crippen LogP contribution in [0.4, 0.5) is 5.69 Å². The van der Waals surface area contributed by atoms with Crippen molar-refractivity contribution < 1.29 is 9.59 Å². The molecule has 0 aliphatic carbocycles. The maximum Gasteiger partial charge on any atom is 0.253 e. The van der Waals surface area contributed by atoms with E-state index in [0.717, 1.165) is 44.0 Å². The van der Waals surface area contributed by atoms with E-state index in [9.17, 15) is 9.59 Å². The molecule has 1 fully saturated rings. The highest BCUT2D eigenvalue weighted by Crippen LogP contribution is 2.24. The molecule has 0 saturated carbocycles. The van der Waals surface area contributed by atoms with Crippen molar-refractivity contribution >= 4 is 41.5 Å². The Kier molecular flexibility index (Phi) is 6.49. The summed E-state index contributed by atoms with van der Waals surface area (Å²) in [4.78, 5) is 28.3. The van der Waals surface area contributed by atoms with Crippen LogP contribution in [0.2, 0.25) is 0 Å². The third-order valence-corrected chi connectivity index (χ3v) is 4.55. The summed E-state index contributed by atoms with van der Waals surface area (Å²) >= 11 is 6.03. The van der Waals surface area contributed by atoms with Gasteiger partial charge in [-0.25, -0.2) is 0 Å². The van der Waals surface area contributed by atoms with Gasteiger partial charge >= 0.3 is 0 Å². The number of carbonyl (C=O) groups excluding carboxylic acids is 2. The van der Waals surface area contributed by atoms with E-state index in [1.165, 1.54) is 0 Å². The Balaban J connectivity index is 0.00000208. The van der Waals surface area contributed by atoms with Gasteiger partial charge < -0.3 is 10.2 Å². The van der Waals surface area contributed by atoms with Crippen LogP contribution in [-0.2, 0) is 11.2 Å². The van der Waals surface area contributed by atoms with Gasteiger partial charge in [0.15, 0.2) is 0 Å². The molecule has 2 amide bonds. The number of aryl methyl sites for hydroxylation is 1. The topological polar surface area (TPSA) is 52.7 Å². The molecule has 1 unspecified atom stereocenters. The highest BCUT2D eigenvalue weighted by molar-refractivity contribution is 6.20. The van der Waals surface area contributed by atoms with Crippen molar-refractivity contribution in [1.29, 1.82) is 0 Å². The van der Waals surface area contributed by atoms with Crippen molar-refractivity contribution in [3.05, 3.63) is 29.3 Å². The van der Waals surface area contributed by atoms with E-state index < -0.39 is 0 Å². The number of anilines is 1. The number of hydrogen-bond acceptors (Lipinski definition) is 3. The number of hydrogen-bond donors (Lipinski definition) is 1. The van der Waals surface area contributed by atoms with Gasteiger partial charge in [-0.05, 0) is 37.1 Å². The second-order valence-corrected chi connectivity index (χ2v) is 7.04. The molecule has 2 aliphatic heterocycles. The summed E-state index contributed by atoms with van der Waals surface area (Å²) in [6, 6.07) is 5.56. The number of halogens is 2. The molecule has 24 heavy (non-hydrogen) atoms. The van der Waals surface area contributed by atoms with Crippen LogP contribution in [0.1, 0.15) is 29.3 Å². The van der Waals surface area contributed by atoms with Gasteiger partial charge in [-0.2, -0.15) is 0 Å². The number of rotatable bonds is 3. The van der Waals surface area contributed by atoms with Crippen LogP contribution in [0.15, 0.2) is 18.2 Å². The molecule has 5 nitrogen and oxygen atoms in total. The minimum absolute atomic E-state index is 0. The van der Waals surface area contributed by atoms with Crippen LogP contribution in [0, 0.1) is 0 Å². The monoisotopic (exact) mass is 371 g/mol. The standard InChI is InChI=1S/C17H22ClN3O2.ClH/c1-12(18)11-20-6-8-21(9-7-20)17(23)14-2-4-15-13(10-14)3-5-16(22)19-15;/h2,4,10,12H,3,5-9,11H2,1H3,(H,19,22);1H. The van der Waals surface area contributed by atoms with Crippen LogP contribution in [0.3, 0.4) is 0 Å². The van der Waals surface area contributed by atoms with E-state index in [1.54, 1.807) is 6.07 Å². The quantitative estimate of drug-likeness (QED) is 0.829. The Hall–Kier alpha value is -1.30. The third-order valence-electron chi connectivity index (χ3n) is 4.42. The van der Waals surface area contributed by atoms with Gasteiger partial charge in [0, 0.05) is 55.8 Å². The third kappa shape index (κ3) is 4.41. The molecule has 0 spiro atoms. The number of alkyl halides is 1. The summed E-state index contributed by atoms with van der Waals surface area (Å²) in [6.07, 6.45) is 1.18. The summed E-state index contributed by atoms with van der Waals surface area (Å²) in [5.74, 6) is 0.115. The molecular formula is C17H23Cl2N3O2. The summed E-state index contributed by atoms with van der Waals surface area (Å²) in [5.41, 5.74) is 2.59. The van der Waals surface area contributed by atoms with Crippen molar-refractivity contribution in [3.63, 3.8) is 0 Å². The van der Waals surface area contributed by atoms with Gasteiger partial charge in [0.05, 0.1) is 0 Å². The summed E-state index contributed by atoms with van der Waals surface area (Å²) < 4.78 is 0. The summed E-state index contributed by atoms with van der Waals surface area (Å²) in [6.45, 7) is 6.05. The molecule has 2 heterocycles. The number of nitrogens with one attached hydrogen (secondary N) is 1. The predicted molar refractivity (Wildman–Crippen MR) is 98.3 cm³/mol. The molecule has 0 bridgehead atoms. The lowest BCUT2D eigenvalue weighted by Gasteiger charge is -2.35. The second kappa shape index (κ2) is 8.19. The lowest BCUT2D eigenvalue weighted by Crippen LogP contribution is -2.49. The Bertz CT molecular complexity index is 614. The van der Waals surface area contributed by atoms with Crippen LogP contribution >= 0.6 is 24.0 Å². The van der Waals surface area contributed by atoms with E-state index >= 15 is 0 Å². The number of amides is 2. The molecule has 0 radical (unpaired) electrons.